The Labute approximate surface area is 97.6 Å². The summed E-state index contributed by atoms with van der Waals surface area (Å²) in [6, 6.07) is 5.82. The molecule has 90 valence electrons. The Morgan fingerprint density at radius 2 is 1.56 bits per heavy atom. The maximum Gasteiger partial charge on any atom is 0.161 e. The Bertz CT molecular complexity index is 335. The van der Waals surface area contributed by atoms with E-state index in [2.05, 4.69) is 0 Å². The monoisotopic (exact) mass is 223 g/mol. The van der Waals surface area contributed by atoms with Crippen LogP contribution in [0.4, 0.5) is 0 Å². The van der Waals surface area contributed by atoms with E-state index in [0.717, 1.165) is 17.1 Å². The lowest BCUT2D eigenvalue weighted by atomic mass is 10.2. The second kappa shape index (κ2) is 5.75. The van der Waals surface area contributed by atoms with E-state index < -0.39 is 0 Å². The molecule has 3 nitrogen and oxygen atoms in total. The van der Waals surface area contributed by atoms with Gasteiger partial charge in [0.2, 0.25) is 0 Å². The van der Waals surface area contributed by atoms with Crippen molar-refractivity contribution in [2.24, 2.45) is 5.73 Å². The molecule has 0 amide bonds. The zero-order chi connectivity index (χ0) is 12.1. The van der Waals surface area contributed by atoms with Crippen LogP contribution in [-0.4, -0.2) is 12.2 Å². The summed E-state index contributed by atoms with van der Waals surface area (Å²) in [6.07, 6.45) is 0.265. The molecule has 3 heteroatoms. The van der Waals surface area contributed by atoms with E-state index in [9.17, 15) is 0 Å². The maximum absolute atomic E-state index is 5.71. The van der Waals surface area contributed by atoms with E-state index in [4.69, 9.17) is 15.2 Å². The fraction of sp³-hybridized carbons (Fsp3) is 0.538. The number of rotatable bonds is 5. The molecule has 16 heavy (non-hydrogen) atoms. The highest BCUT2D eigenvalue weighted by molar-refractivity contribution is 5.43. The lowest BCUT2D eigenvalue weighted by Crippen LogP contribution is -2.11. The Kier molecular flexibility index (Phi) is 4.62. The summed E-state index contributed by atoms with van der Waals surface area (Å²) in [4.78, 5) is 0. The Hall–Kier alpha value is -1.22. The van der Waals surface area contributed by atoms with Crippen molar-refractivity contribution in [3.63, 3.8) is 0 Å². The molecule has 2 N–H and O–H groups in total. The minimum absolute atomic E-state index is 0.127. The topological polar surface area (TPSA) is 44.5 Å². The minimum atomic E-state index is 0.127. The minimum Gasteiger partial charge on any atom is -0.487 e. The van der Waals surface area contributed by atoms with E-state index in [0.29, 0.717) is 6.54 Å². The van der Waals surface area contributed by atoms with E-state index in [-0.39, 0.29) is 12.2 Å². The Morgan fingerprint density at radius 3 is 2.06 bits per heavy atom. The van der Waals surface area contributed by atoms with Gasteiger partial charge in [0, 0.05) is 6.54 Å². The standard InChI is InChI=1S/C13H21NO2/c1-9(2)15-12-6-5-11(8-14)7-13(12)16-10(3)4/h5-7,9-10H,8,14H2,1-4H3. The number of hydrogen-bond acceptors (Lipinski definition) is 3. The fourth-order valence-corrected chi connectivity index (χ4v) is 1.38. The SMILES string of the molecule is CC(C)Oc1ccc(CN)cc1OC(C)C. The first-order valence-corrected chi connectivity index (χ1v) is 5.69. The molecular weight excluding hydrogens is 202 g/mol. The lowest BCUT2D eigenvalue weighted by Gasteiger charge is -2.17. The van der Waals surface area contributed by atoms with Gasteiger partial charge in [-0.15, -0.1) is 0 Å². The molecule has 1 aromatic carbocycles. The van der Waals surface area contributed by atoms with Crippen molar-refractivity contribution >= 4 is 0 Å². The van der Waals surface area contributed by atoms with Crippen molar-refractivity contribution in [2.75, 3.05) is 0 Å². The van der Waals surface area contributed by atoms with Crippen molar-refractivity contribution in [2.45, 2.75) is 46.4 Å². The first-order valence-electron chi connectivity index (χ1n) is 5.69. The van der Waals surface area contributed by atoms with Crippen molar-refractivity contribution in [3.05, 3.63) is 23.8 Å². The highest BCUT2D eigenvalue weighted by Crippen LogP contribution is 2.30. The van der Waals surface area contributed by atoms with Gasteiger partial charge in [0.05, 0.1) is 12.2 Å². The molecule has 0 bridgehead atoms. The number of benzene rings is 1. The molecule has 0 fully saturated rings. The van der Waals surface area contributed by atoms with Gasteiger partial charge >= 0.3 is 0 Å². The van der Waals surface area contributed by atoms with Crippen LogP contribution < -0.4 is 15.2 Å². The van der Waals surface area contributed by atoms with Crippen LogP contribution in [-0.2, 0) is 6.54 Å². The largest absolute Gasteiger partial charge is 0.487 e. The van der Waals surface area contributed by atoms with Gasteiger partial charge in [-0.05, 0) is 45.4 Å². The van der Waals surface area contributed by atoms with Gasteiger partial charge in [0.25, 0.3) is 0 Å². The van der Waals surface area contributed by atoms with Gasteiger partial charge in [0.15, 0.2) is 11.5 Å². The molecule has 1 aromatic rings. The average molecular weight is 223 g/mol. The van der Waals surface area contributed by atoms with Gasteiger partial charge in [-0.2, -0.15) is 0 Å². The van der Waals surface area contributed by atoms with Crippen molar-refractivity contribution in [1.29, 1.82) is 0 Å². The predicted molar refractivity (Wildman–Crippen MR) is 65.9 cm³/mol. The molecule has 0 atom stereocenters. The van der Waals surface area contributed by atoms with Gasteiger partial charge < -0.3 is 15.2 Å². The van der Waals surface area contributed by atoms with E-state index >= 15 is 0 Å². The second-order valence-corrected chi connectivity index (χ2v) is 4.32. The third kappa shape index (κ3) is 3.74. The molecule has 0 aliphatic heterocycles. The Balaban J connectivity index is 2.96. The van der Waals surface area contributed by atoms with Crippen molar-refractivity contribution in [3.8, 4) is 11.5 Å². The maximum atomic E-state index is 5.71. The summed E-state index contributed by atoms with van der Waals surface area (Å²) in [5.41, 5.74) is 6.65. The summed E-state index contributed by atoms with van der Waals surface area (Å²) in [5, 5.41) is 0. The highest BCUT2D eigenvalue weighted by atomic mass is 16.5. The van der Waals surface area contributed by atoms with E-state index in [1.165, 1.54) is 0 Å². The zero-order valence-corrected chi connectivity index (χ0v) is 10.5. The molecule has 0 saturated carbocycles. The van der Waals surface area contributed by atoms with Crippen LogP contribution in [0.25, 0.3) is 0 Å². The third-order valence-corrected chi connectivity index (χ3v) is 1.97. The van der Waals surface area contributed by atoms with Crippen LogP contribution in [0.2, 0.25) is 0 Å². The molecule has 0 aliphatic rings. The van der Waals surface area contributed by atoms with Crippen LogP contribution in [0.3, 0.4) is 0 Å². The summed E-state index contributed by atoms with van der Waals surface area (Å²) in [5.74, 6) is 1.55. The highest BCUT2D eigenvalue weighted by Gasteiger charge is 2.09. The summed E-state index contributed by atoms with van der Waals surface area (Å²) in [7, 11) is 0. The van der Waals surface area contributed by atoms with Gasteiger partial charge in [-0.25, -0.2) is 0 Å². The van der Waals surface area contributed by atoms with E-state index in [1.807, 2.05) is 45.9 Å². The zero-order valence-electron chi connectivity index (χ0n) is 10.5. The number of nitrogens with two attached hydrogens (primary N) is 1. The number of ether oxygens (including phenoxy) is 2. The summed E-state index contributed by atoms with van der Waals surface area (Å²) < 4.78 is 11.4. The molecule has 0 radical (unpaired) electrons. The van der Waals surface area contributed by atoms with Gasteiger partial charge in [0.1, 0.15) is 0 Å². The molecule has 0 spiro atoms. The predicted octanol–water partition coefficient (Wildman–Crippen LogP) is 2.72. The van der Waals surface area contributed by atoms with Gasteiger partial charge in [-0.3, -0.25) is 0 Å². The quantitative estimate of drug-likeness (QED) is 0.834. The van der Waals surface area contributed by atoms with Crippen LogP contribution in [0.1, 0.15) is 33.3 Å². The molecule has 0 saturated heterocycles. The molecular formula is C13H21NO2. The van der Waals surface area contributed by atoms with Crippen LogP contribution in [0, 0.1) is 0 Å². The summed E-state index contributed by atoms with van der Waals surface area (Å²) in [6.45, 7) is 8.49. The van der Waals surface area contributed by atoms with Crippen LogP contribution in [0.5, 0.6) is 11.5 Å². The third-order valence-electron chi connectivity index (χ3n) is 1.97. The fourth-order valence-electron chi connectivity index (χ4n) is 1.38. The summed E-state index contributed by atoms with van der Waals surface area (Å²) >= 11 is 0. The first-order chi connectivity index (χ1) is 7.52. The van der Waals surface area contributed by atoms with E-state index in [1.54, 1.807) is 0 Å². The molecule has 0 aliphatic carbocycles. The molecule has 0 unspecified atom stereocenters. The second-order valence-electron chi connectivity index (χ2n) is 4.32. The molecule has 0 aromatic heterocycles. The number of hydrogen-bond donors (Lipinski definition) is 1. The average Bonchev–Trinajstić information content (AvgIpc) is 2.19. The van der Waals surface area contributed by atoms with Crippen LogP contribution in [0.15, 0.2) is 18.2 Å². The van der Waals surface area contributed by atoms with Gasteiger partial charge in [-0.1, -0.05) is 6.07 Å². The normalized spacial score (nSPS) is 10.9. The molecule has 1 rings (SSSR count). The Morgan fingerprint density at radius 1 is 1.00 bits per heavy atom. The first kappa shape index (κ1) is 12.8. The van der Waals surface area contributed by atoms with Crippen molar-refractivity contribution in [1.82, 2.24) is 0 Å². The van der Waals surface area contributed by atoms with Crippen LogP contribution >= 0.6 is 0 Å². The smallest absolute Gasteiger partial charge is 0.161 e. The lowest BCUT2D eigenvalue weighted by molar-refractivity contribution is 0.198. The van der Waals surface area contributed by atoms with Crippen molar-refractivity contribution < 1.29 is 9.47 Å². The molecule has 0 heterocycles.